The van der Waals surface area contributed by atoms with Crippen LogP contribution in [0.1, 0.15) is 30.0 Å². The number of aryl methyl sites for hydroxylation is 3. The summed E-state index contributed by atoms with van der Waals surface area (Å²) >= 11 is 1.50. The Bertz CT molecular complexity index is 897. The molecular weight excluding hydrogens is 328 g/mol. The molecule has 2 aromatic carbocycles. The molecule has 0 saturated heterocycles. The second-order valence-electron chi connectivity index (χ2n) is 6.25. The first-order valence-corrected chi connectivity index (χ1v) is 9.30. The smallest absolute Gasteiger partial charge is 0.233 e. The molecule has 1 amide bonds. The van der Waals surface area contributed by atoms with Crippen molar-refractivity contribution in [2.45, 2.75) is 34.1 Å². The lowest BCUT2D eigenvalue weighted by Gasteiger charge is -2.22. The number of aromatic nitrogens is 1. The molecule has 1 aromatic heterocycles. The zero-order chi connectivity index (χ0) is 18.0. The maximum absolute atomic E-state index is 12.7. The number of carbonyl (C=O) groups excluding carboxylic acids is 1. The van der Waals surface area contributed by atoms with Crippen LogP contribution in [0.5, 0.6) is 0 Å². The minimum absolute atomic E-state index is 0.0542. The van der Waals surface area contributed by atoms with Crippen molar-refractivity contribution in [2.24, 2.45) is 0 Å². The summed E-state index contributed by atoms with van der Waals surface area (Å²) in [7, 11) is 0. The van der Waals surface area contributed by atoms with Crippen molar-refractivity contribution in [3.05, 3.63) is 64.5 Å². The summed E-state index contributed by atoms with van der Waals surface area (Å²) in [6.07, 6.45) is 0.437. The van der Waals surface area contributed by atoms with Gasteiger partial charge in [-0.2, -0.15) is 0 Å². The number of thiazole rings is 1. The van der Waals surface area contributed by atoms with Crippen molar-refractivity contribution in [3.63, 3.8) is 0 Å². The fourth-order valence-electron chi connectivity index (χ4n) is 2.69. The molecule has 128 valence electrons. The van der Waals surface area contributed by atoms with Gasteiger partial charge in [0.2, 0.25) is 5.91 Å². The molecule has 0 bridgehead atoms. The highest BCUT2D eigenvalue weighted by atomic mass is 32.1. The molecule has 25 heavy (non-hydrogen) atoms. The number of benzene rings is 2. The number of carbonyl (C=O) groups is 1. The van der Waals surface area contributed by atoms with Gasteiger partial charge in [0.1, 0.15) is 0 Å². The van der Waals surface area contributed by atoms with Crippen LogP contribution < -0.4 is 4.90 Å². The van der Waals surface area contributed by atoms with Gasteiger partial charge in [0.25, 0.3) is 0 Å². The van der Waals surface area contributed by atoms with Gasteiger partial charge >= 0.3 is 0 Å². The fourth-order valence-corrected chi connectivity index (χ4v) is 3.55. The molecule has 3 nitrogen and oxygen atoms in total. The maximum Gasteiger partial charge on any atom is 0.233 e. The minimum Gasteiger partial charge on any atom is -0.274 e. The normalized spacial score (nSPS) is 10.7. The third kappa shape index (κ3) is 3.64. The van der Waals surface area contributed by atoms with Gasteiger partial charge in [-0.1, -0.05) is 48.9 Å². The predicted octanol–water partition coefficient (Wildman–Crippen LogP) is 5.81. The van der Waals surface area contributed by atoms with E-state index in [1.54, 1.807) is 4.90 Å². The Hall–Kier alpha value is -2.46. The Labute approximate surface area is 153 Å². The Balaban J connectivity index is 2.05. The topological polar surface area (TPSA) is 33.2 Å². The highest BCUT2D eigenvalue weighted by Gasteiger charge is 2.22. The minimum atomic E-state index is 0.0542. The molecule has 1 heterocycles. The molecule has 0 aliphatic carbocycles. The van der Waals surface area contributed by atoms with Gasteiger partial charge in [0.05, 0.1) is 11.4 Å². The lowest BCUT2D eigenvalue weighted by Crippen LogP contribution is -2.25. The van der Waals surface area contributed by atoms with E-state index in [-0.39, 0.29) is 5.91 Å². The van der Waals surface area contributed by atoms with E-state index in [0.29, 0.717) is 6.42 Å². The summed E-state index contributed by atoms with van der Waals surface area (Å²) in [5, 5.41) is 2.73. The van der Waals surface area contributed by atoms with Crippen LogP contribution >= 0.6 is 11.3 Å². The lowest BCUT2D eigenvalue weighted by molar-refractivity contribution is -0.117. The number of anilines is 2. The molecule has 3 aromatic rings. The van der Waals surface area contributed by atoms with Gasteiger partial charge in [0, 0.05) is 17.4 Å². The van der Waals surface area contributed by atoms with Crippen molar-refractivity contribution in [3.8, 4) is 11.3 Å². The molecule has 0 fully saturated rings. The number of hydrogen-bond acceptors (Lipinski definition) is 3. The Morgan fingerprint density at radius 1 is 1.04 bits per heavy atom. The standard InChI is InChI=1S/C21H22N2OS/c1-5-20(24)23(19-12-15(3)6-9-16(19)4)21-22-18(13-25-21)17-10-7-14(2)8-11-17/h6-13H,5H2,1-4H3. The number of hydrogen-bond donors (Lipinski definition) is 0. The van der Waals surface area contributed by atoms with Crippen molar-refractivity contribution in [2.75, 3.05) is 4.90 Å². The van der Waals surface area contributed by atoms with Gasteiger partial charge in [-0.25, -0.2) is 4.98 Å². The van der Waals surface area contributed by atoms with Crippen molar-refractivity contribution >= 4 is 28.1 Å². The average Bonchev–Trinajstić information content (AvgIpc) is 3.08. The van der Waals surface area contributed by atoms with E-state index in [1.165, 1.54) is 16.9 Å². The van der Waals surface area contributed by atoms with Crippen molar-refractivity contribution in [1.82, 2.24) is 4.98 Å². The summed E-state index contributed by atoms with van der Waals surface area (Å²) in [6.45, 7) is 8.02. The lowest BCUT2D eigenvalue weighted by atomic mass is 10.1. The van der Waals surface area contributed by atoms with E-state index in [4.69, 9.17) is 4.98 Å². The molecule has 4 heteroatoms. The molecule has 0 radical (unpaired) electrons. The van der Waals surface area contributed by atoms with Gasteiger partial charge in [0.15, 0.2) is 5.13 Å². The van der Waals surface area contributed by atoms with Crippen molar-refractivity contribution < 1.29 is 4.79 Å². The number of amides is 1. The zero-order valence-electron chi connectivity index (χ0n) is 15.0. The quantitative estimate of drug-likeness (QED) is 0.595. The van der Waals surface area contributed by atoms with E-state index in [1.807, 2.05) is 26.2 Å². The van der Waals surface area contributed by atoms with Crippen LogP contribution in [0.3, 0.4) is 0 Å². The molecule has 0 saturated carbocycles. The number of nitrogens with zero attached hydrogens (tertiary/aromatic N) is 2. The van der Waals surface area contributed by atoms with Crippen LogP contribution in [0.2, 0.25) is 0 Å². The van der Waals surface area contributed by atoms with Gasteiger partial charge in [-0.05, 0) is 38.0 Å². The largest absolute Gasteiger partial charge is 0.274 e. The van der Waals surface area contributed by atoms with Gasteiger partial charge in [-0.3, -0.25) is 9.69 Å². The summed E-state index contributed by atoms with van der Waals surface area (Å²) in [5.41, 5.74) is 6.30. The molecular formula is C21H22N2OS. The van der Waals surface area contributed by atoms with Gasteiger partial charge in [-0.15, -0.1) is 11.3 Å². The second-order valence-corrected chi connectivity index (χ2v) is 7.09. The summed E-state index contributed by atoms with van der Waals surface area (Å²) in [6, 6.07) is 14.5. The predicted molar refractivity (Wildman–Crippen MR) is 106 cm³/mol. The molecule has 0 aliphatic rings. The average molecular weight is 350 g/mol. The molecule has 3 rings (SSSR count). The SMILES string of the molecule is CCC(=O)N(c1nc(-c2ccc(C)cc2)cs1)c1cc(C)ccc1C. The molecule has 0 unspecified atom stereocenters. The highest BCUT2D eigenvalue weighted by Crippen LogP contribution is 2.34. The van der Waals surface area contributed by atoms with E-state index >= 15 is 0 Å². The Morgan fingerprint density at radius 2 is 1.72 bits per heavy atom. The Kier molecular flexibility index (Phi) is 5.00. The van der Waals surface area contributed by atoms with Crippen LogP contribution in [0.15, 0.2) is 47.8 Å². The van der Waals surface area contributed by atoms with E-state index in [9.17, 15) is 4.79 Å². The van der Waals surface area contributed by atoms with Crippen LogP contribution in [-0.4, -0.2) is 10.9 Å². The van der Waals surface area contributed by atoms with E-state index in [0.717, 1.165) is 33.2 Å². The van der Waals surface area contributed by atoms with Crippen molar-refractivity contribution in [1.29, 1.82) is 0 Å². The Morgan fingerprint density at radius 3 is 2.40 bits per heavy atom. The molecule has 0 N–H and O–H groups in total. The summed E-state index contributed by atoms with van der Waals surface area (Å²) in [5.74, 6) is 0.0542. The van der Waals surface area contributed by atoms with E-state index in [2.05, 4.69) is 49.4 Å². The highest BCUT2D eigenvalue weighted by molar-refractivity contribution is 7.14. The first-order valence-electron chi connectivity index (χ1n) is 8.42. The summed E-state index contributed by atoms with van der Waals surface area (Å²) < 4.78 is 0. The maximum atomic E-state index is 12.7. The zero-order valence-corrected chi connectivity index (χ0v) is 15.9. The third-order valence-electron chi connectivity index (χ3n) is 4.19. The second kappa shape index (κ2) is 7.19. The molecule has 0 spiro atoms. The first kappa shape index (κ1) is 17.4. The molecule has 0 aliphatic heterocycles. The number of rotatable bonds is 4. The van der Waals surface area contributed by atoms with E-state index < -0.39 is 0 Å². The van der Waals surface area contributed by atoms with Gasteiger partial charge < -0.3 is 0 Å². The first-order chi connectivity index (χ1) is 12.0. The monoisotopic (exact) mass is 350 g/mol. The van der Waals surface area contributed by atoms with Crippen LogP contribution in [0, 0.1) is 20.8 Å². The van der Waals surface area contributed by atoms with Crippen LogP contribution in [-0.2, 0) is 4.79 Å². The molecule has 0 atom stereocenters. The fraction of sp³-hybridized carbons (Fsp3) is 0.238. The third-order valence-corrected chi connectivity index (χ3v) is 5.01. The van der Waals surface area contributed by atoms with Crippen LogP contribution in [0.25, 0.3) is 11.3 Å². The summed E-state index contributed by atoms with van der Waals surface area (Å²) in [4.78, 5) is 19.2. The van der Waals surface area contributed by atoms with Crippen LogP contribution in [0.4, 0.5) is 10.8 Å².